The van der Waals surface area contributed by atoms with Crippen LogP contribution in [-0.4, -0.2) is 17.9 Å². The number of hydrogen-bond donors (Lipinski definition) is 0. The molecule has 0 radical (unpaired) electrons. The largest absolute Gasteiger partial charge is 0.337 e. The highest BCUT2D eigenvalue weighted by molar-refractivity contribution is 7.12. The highest BCUT2D eigenvalue weighted by Crippen LogP contribution is 2.29. The molecular formula is C19H14F3NOS. The predicted octanol–water partition coefficient (Wildman–Crippen LogP) is 5.10. The van der Waals surface area contributed by atoms with E-state index in [-0.39, 0.29) is 23.8 Å². The highest BCUT2D eigenvalue weighted by atomic mass is 32.1. The molecule has 0 saturated carbocycles. The number of thiophene rings is 1. The fraction of sp³-hybridized carbons (Fsp3) is 0.105. The monoisotopic (exact) mass is 361 g/mol. The minimum absolute atomic E-state index is 0.0195. The van der Waals surface area contributed by atoms with Crippen molar-refractivity contribution < 1.29 is 18.0 Å². The average molecular weight is 361 g/mol. The zero-order valence-electron chi connectivity index (χ0n) is 13.3. The number of rotatable bonds is 4. The Morgan fingerprint density at radius 2 is 1.68 bits per heavy atom. The van der Waals surface area contributed by atoms with Crippen LogP contribution in [-0.2, 0) is 6.54 Å². The number of hydrogen-bond acceptors (Lipinski definition) is 2. The van der Waals surface area contributed by atoms with Crippen LogP contribution in [0.15, 0.2) is 53.9 Å². The Morgan fingerprint density at radius 1 is 1.00 bits per heavy atom. The molecule has 0 aliphatic rings. The molecule has 25 heavy (non-hydrogen) atoms. The summed E-state index contributed by atoms with van der Waals surface area (Å²) in [6.45, 7) is 0.0195. The van der Waals surface area contributed by atoms with Crippen LogP contribution in [0.1, 0.15) is 15.2 Å². The predicted molar refractivity (Wildman–Crippen MR) is 91.9 cm³/mol. The van der Waals surface area contributed by atoms with Gasteiger partial charge in [-0.05, 0) is 35.2 Å². The zero-order valence-corrected chi connectivity index (χ0v) is 14.1. The molecule has 6 heteroatoms. The first-order chi connectivity index (χ1) is 12.0. The van der Waals surface area contributed by atoms with Gasteiger partial charge in [0.1, 0.15) is 17.5 Å². The number of benzene rings is 2. The molecule has 1 heterocycles. The Morgan fingerprint density at radius 3 is 2.36 bits per heavy atom. The third-order valence-corrected chi connectivity index (χ3v) is 4.69. The van der Waals surface area contributed by atoms with Crippen molar-refractivity contribution in [1.29, 1.82) is 0 Å². The molecule has 2 nitrogen and oxygen atoms in total. The molecule has 0 saturated heterocycles. The summed E-state index contributed by atoms with van der Waals surface area (Å²) in [7, 11) is 1.55. The summed E-state index contributed by atoms with van der Waals surface area (Å²) in [5, 5.41) is 1.78. The van der Waals surface area contributed by atoms with Gasteiger partial charge in [-0.2, -0.15) is 0 Å². The maximum atomic E-state index is 13.8. The van der Waals surface area contributed by atoms with Gasteiger partial charge in [-0.25, -0.2) is 13.2 Å². The van der Waals surface area contributed by atoms with E-state index in [2.05, 4.69) is 0 Å². The summed E-state index contributed by atoms with van der Waals surface area (Å²) in [4.78, 5) is 14.6. The van der Waals surface area contributed by atoms with Crippen molar-refractivity contribution in [2.75, 3.05) is 7.05 Å². The van der Waals surface area contributed by atoms with Gasteiger partial charge in [-0.15, -0.1) is 11.3 Å². The first kappa shape index (κ1) is 17.2. The van der Waals surface area contributed by atoms with Crippen LogP contribution < -0.4 is 0 Å². The van der Waals surface area contributed by atoms with Crippen molar-refractivity contribution in [2.45, 2.75) is 6.54 Å². The van der Waals surface area contributed by atoms with Gasteiger partial charge in [0.15, 0.2) is 0 Å². The van der Waals surface area contributed by atoms with E-state index in [1.54, 1.807) is 30.6 Å². The van der Waals surface area contributed by atoms with E-state index in [0.29, 0.717) is 10.4 Å². The van der Waals surface area contributed by atoms with Gasteiger partial charge >= 0.3 is 0 Å². The Bertz CT molecular complexity index is 905. The molecule has 0 fully saturated rings. The minimum Gasteiger partial charge on any atom is -0.337 e. The summed E-state index contributed by atoms with van der Waals surface area (Å²) < 4.78 is 39.9. The van der Waals surface area contributed by atoms with Gasteiger partial charge in [0, 0.05) is 30.8 Å². The smallest absolute Gasteiger partial charge is 0.264 e. The van der Waals surface area contributed by atoms with Crippen molar-refractivity contribution in [3.8, 4) is 11.1 Å². The highest BCUT2D eigenvalue weighted by Gasteiger charge is 2.19. The lowest BCUT2D eigenvalue weighted by Gasteiger charge is -2.18. The van der Waals surface area contributed by atoms with Crippen molar-refractivity contribution in [1.82, 2.24) is 4.90 Å². The quantitative estimate of drug-likeness (QED) is 0.633. The van der Waals surface area contributed by atoms with Crippen LogP contribution in [0.25, 0.3) is 11.1 Å². The molecule has 0 spiro atoms. The summed E-state index contributed by atoms with van der Waals surface area (Å²) in [5.74, 6) is -1.98. The molecule has 0 bridgehead atoms. The fourth-order valence-corrected chi connectivity index (χ4v) is 3.39. The van der Waals surface area contributed by atoms with E-state index in [0.717, 1.165) is 17.7 Å². The molecule has 0 aliphatic heterocycles. The maximum Gasteiger partial charge on any atom is 0.264 e. The van der Waals surface area contributed by atoms with Crippen LogP contribution in [0, 0.1) is 17.5 Å². The van der Waals surface area contributed by atoms with Gasteiger partial charge in [0.25, 0.3) is 5.91 Å². The van der Waals surface area contributed by atoms with Gasteiger partial charge < -0.3 is 4.90 Å². The van der Waals surface area contributed by atoms with Crippen LogP contribution in [0.4, 0.5) is 13.2 Å². The summed E-state index contributed by atoms with van der Waals surface area (Å²) in [5.41, 5.74) is 1.66. The molecule has 0 N–H and O–H groups in total. The average Bonchev–Trinajstić information content (AvgIpc) is 3.07. The summed E-state index contributed by atoms with van der Waals surface area (Å²) >= 11 is 1.26. The van der Waals surface area contributed by atoms with Gasteiger partial charge in [-0.3, -0.25) is 4.79 Å². The molecule has 0 aliphatic carbocycles. The van der Waals surface area contributed by atoms with E-state index in [1.807, 2.05) is 0 Å². The van der Waals surface area contributed by atoms with Gasteiger partial charge in [0.2, 0.25) is 0 Å². The number of carbonyl (C=O) groups excluding carboxylic acids is 1. The van der Waals surface area contributed by atoms with Gasteiger partial charge in [0.05, 0.1) is 4.88 Å². The molecule has 128 valence electrons. The second-order valence-corrected chi connectivity index (χ2v) is 6.48. The second-order valence-electron chi connectivity index (χ2n) is 5.57. The fourth-order valence-electron chi connectivity index (χ4n) is 2.48. The summed E-state index contributed by atoms with van der Waals surface area (Å²) in [6, 6.07) is 10.9. The molecule has 3 rings (SSSR count). The van der Waals surface area contributed by atoms with Crippen molar-refractivity contribution in [3.63, 3.8) is 0 Å². The van der Waals surface area contributed by atoms with E-state index in [9.17, 15) is 18.0 Å². The molecule has 0 unspecified atom stereocenters. The molecule has 3 aromatic rings. The van der Waals surface area contributed by atoms with Crippen LogP contribution >= 0.6 is 11.3 Å². The Labute approximate surface area is 147 Å². The first-order valence-corrected chi connectivity index (χ1v) is 8.36. The lowest BCUT2D eigenvalue weighted by Crippen LogP contribution is -2.26. The normalized spacial score (nSPS) is 10.7. The van der Waals surface area contributed by atoms with E-state index in [4.69, 9.17) is 0 Å². The molecular weight excluding hydrogens is 347 g/mol. The maximum absolute atomic E-state index is 13.8. The number of nitrogens with zero attached hydrogens (tertiary/aromatic N) is 1. The number of amides is 1. The van der Waals surface area contributed by atoms with Crippen molar-refractivity contribution in [2.24, 2.45) is 0 Å². The third kappa shape index (κ3) is 3.74. The Hall–Kier alpha value is -2.60. The SMILES string of the molecule is CN(Cc1ccc(F)cc1F)C(=O)c1sccc1-c1ccc(F)cc1. The van der Waals surface area contributed by atoms with Crippen molar-refractivity contribution in [3.05, 3.63) is 81.8 Å². The molecule has 1 amide bonds. The topological polar surface area (TPSA) is 20.3 Å². The second kappa shape index (κ2) is 7.11. The van der Waals surface area contributed by atoms with Crippen LogP contribution in [0.5, 0.6) is 0 Å². The lowest BCUT2D eigenvalue weighted by atomic mass is 10.1. The molecule has 0 atom stereocenters. The van der Waals surface area contributed by atoms with Crippen molar-refractivity contribution >= 4 is 17.2 Å². The Kier molecular flexibility index (Phi) is 4.90. The Balaban J connectivity index is 1.83. The van der Waals surface area contributed by atoms with E-state index >= 15 is 0 Å². The molecule has 2 aromatic carbocycles. The molecule has 1 aromatic heterocycles. The summed E-state index contributed by atoms with van der Waals surface area (Å²) in [6.07, 6.45) is 0. The number of halogens is 3. The standard InChI is InChI=1S/C19H14F3NOS/c1-23(11-13-4-7-15(21)10-17(13)22)19(24)18-16(8-9-25-18)12-2-5-14(20)6-3-12/h2-10H,11H2,1H3. The van der Waals surface area contributed by atoms with E-state index < -0.39 is 11.6 Å². The zero-order chi connectivity index (χ0) is 18.0. The van der Waals surface area contributed by atoms with Crippen LogP contribution in [0.3, 0.4) is 0 Å². The van der Waals surface area contributed by atoms with Crippen LogP contribution in [0.2, 0.25) is 0 Å². The third-order valence-electron chi connectivity index (χ3n) is 3.78. The van der Waals surface area contributed by atoms with Gasteiger partial charge in [-0.1, -0.05) is 18.2 Å². The number of carbonyl (C=O) groups is 1. The van der Waals surface area contributed by atoms with E-state index in [1.165, 1.54) is 34.4 Å². The lowest BCUT2D eigenvalue weighted by molar-refractivity contribution is 0.0789. The first-order valence-electron chi connectivity index (χ1n) is 7.48. The minimum atomic E-state index is -0.690.